The third-order valence-electron chi connectivity index (χ3n) is 4.99. The van der Waals surface area contributed by atoms with Crippen LogP contribution in [0.4, 0.5) is 0 Å². The van der Waals surface area contributed by atoms with Crippen molar-refractivity contribution < 1.29 is 0 Å². The summed E-state index contributed by atoms with van der Waals surface area (Å²) in [5.74, 6) is 0. The fourth-order valence-corrected chi connectivity index (χ4v) is 3.80. The van der Waals surface area contributed by atoms with Crippen LogP contribution in [-0.4, -0.2) is 6.54 Å². The van der Waals surface area contributed by atoms with Gasteiger partial charge in [0.2, 0.25) is 0 Å². The van der Waals surface area contributed by atoms with Crippen molar-refractivity contribution in [3.05, 3.63) is 34.4 Å². The van der Waals surface area contributed by atoms with Crippen molar-refractivity contribution >= 4 is 0 Å². The Morgan fingerprint density at radius 2 is 1.47 bits per heavy atom. The topological polar surface area (TPSA) is 26.0 Å². The Bertz CT molecular complexity index is 402. The number of nitrogens with two attached hydrogens (primary N) is 1. The van der Waals surface area contributed by atoms with Gasteiger partial charge < -0.3 is 5.73 Å². The largest absolute Gasteiger partial charge is 0.330 e. The Kier molecular flexibility index (Phi) is 4.67. The monoisotopic (exact) mass is 259 g/mol. The first-order valence-corrected chi connectivity index (χ1v) is 7.83. The molecule has 0 aliphatic heterocycles. The molecule has 0 saturated heterocycles. The van der Waals surface area contributed by atoms with E-state index in [1.807, 2.05) is 0 Å². The lowest BCUT2D eigenvalue weighted by molar-refractivity contribution is 0.251. The van der Waals surface area contributed by atoms with E-state index >= 15 is 0 Å². The minimum absolute atomic E-state index is 0.362. The van der Waals surface area contributed by atoms with Gasteiger partial charge in [0.1, 0.15) is 0 Å². The van der Waals surface area contributed by atoms with E-state index in [2.05, 4.69) is 32.9 Å². The lowest BCUT2D eigenvalue weighted by Crippen LogP contribution is -2.33. The van der Waals surface area contributed by atoms with Gasteiger partial charge in [-0.1, -0.05) is 43.4 Å². The number of hydrogen-bond donors (Lipinski definition) is 1. The first kappa shape index (κ1) is 14.6. The summed E-state index contributed by atoms with van der Waals surface area (Å²) >= 11 is 0. The van der Waals surface area contributed by atoms with Crippen LogP contribution >= 0.6 is 0 Å². The van der Waals surface area contributed by atoms with Gasteiger partial charge in [-0.05, 0) is 68.7 Å². The lowest BCUT2D eigenvalue weighted by Gasteiger charge is -2.33. The summed E-state index contributed by atoms with van der Waals surface area (Å²) in [6.45, 7) is 7.56. The standard InChI is InChI=1S/C18H29N/c1-14-10-15(2)17(16(3)11-14)12-18(13-19)8-6-4-5-7-9-18/h10-11H,4-9,12-13,19H2,1-3H3. The molecule has 1 fully saturated rings. The SMILES string of the molecule is Cc1cc(C)c(CC2(CN)CCCCCC2)c(C)c1. The number of rotatable bonds is 3. The minimum atomic E-state index is 0.362. The summed E-state index contributed by atoms with van der Waals surface area (Å²) < 4.78 is 0. The molecule has 0 spiro atoms. The van der Waals surface area contributed by atoms with Gasteiger partial charge in [0.15, 0.2) is 0 Å². The molecule has 19 heavy (non-hydrogen) atoms. The second-order valence-corrected chi connectivity index (χ2v) is 6.67. The maximum absolute atomic E-state index is 6.19. The van der Waals surface area contributed by atoms with Gasteiger partial charge in [-0.15, -0.1) is 0 Å². The van der Waals surface area contributed by atoms with Crippen molar-refractivity contribution in [3.8, 4) is 0 Å². The van der Waals surface area contributed by atoms with Gasteiger partial charge in [-0.2, -0.15) is 0 Å². The molecule has 0 radical (unpaired) electrons. The molecule has 1 heteroatoms. The van der Waals surface area contributed by atoms with Gasteiger partial charge in [0.25, 0.3) is 0 Å². The van der Waals surface area contributed by atoms with E-state index in [1.54, 1.807) is 5.56 Å². The van der Waals surface area contributed by atoms with Crippen LogP contribution in [0.25, 0.3) is 0 Å². The quantitative estimate of drug-likeness (QED) is 0.797. The first-order chi connectivity index (χ1) is 9.06. The van der Waals surface area contributed by atoms with Crippen LogP contribution in [0, 0.1) is 26.2 Å². The van der Waals surface area contributed by atoms with Crippen molar-refractivity contribution in [2.24, 2.45) is 11.1 Å². The third-order valence-corrected chi connectivity index (χ3v) is 4.99. The van der Waals surface area contributed by atoms with Gasteiger partial charge >= 0.3 is 0 Å². The van der Waals surface area contributed by atoms with Crippen LogP contribution in [0.1, 0.15) is 60.8 Å². The van der Waals surface area contributed by atoms with Gasteiger partial charge in [-0.3, -0.25) is 0 Å². The highest BCUT2D eigenvalue weighted by Gasteiger charge is 2.30. The zero-order valence-electron chi connectivity index (χ0n) is 12.9. The minimum Gasteiger partial charge on any atom is -0.330 e. The Labute approximate surface area is 118 Å². The zero-order valence-corrected chi connectivity index (χ0v) is 12.9. The maximum atomic E-state index is 6.19. The van der Waals surface area contributed by atoms with E-state index in [4.69, 9.17) is 5.73 Å². The summed E-state index contributed by atoms with van der Waals surface area (Å²) in [5, 5.41) is 0. The normalized spacial score (nSPS) is 19.2. The highest BCUT2D eigenvalue weighted by molar-refractivity contribution is 5.38. The molecule has 1 nitrogen and oxygen atoms in total. The summed E-state index contributed by atoms with van der Waals surface area (Å²) in [6, 6.07) is 4.65. The Morgan fingerprint density at radius 1 is 0.947 bits per heavy atom. The summed E-state index contributed by atoms with van der Waals surface area (Å²) in [5.41, 5.74) is 12.4. The molecule has 1 aliphatic rings. The molecule has 1 saturated carbocycles. The second kappa shape index (κ2) is 6.09. The molecule has 0 aromatic heterocycles. The van der Waals surface area contributed by atoms with Crippen molar-refractivity contribution in [2.45, 2.75) is 65.7 Å². The number of benzene rings is 1. The fourth-order valence-electron chi connectivity index (χ4n) is 3.80. The Morgan fingerprint density at radius 3 is 1.95 bits per heavy atom. The van der Waals surface area contributed by atoms with Crippen LogP contribution in [0.15, 0.2) is 12.1 Å². The molecule has 0 bridgehead atoms. The number of hydrogen-bond acceptors (Lipinski definition) is 1. The molecule has 0 unspecified atom stereocenters. The predicted octanol–water partition coefficient (Wildman–Crippen LogP) is 4.45. The van der Waals surface area contributed by atoms with Crippen LogP contribution in [0.5, 0.6) is 0 Å². The molecular weight excluding hydrogens is 230 g/mol. The molecule has 1 aromatic carbocycles. The van der Waals surface area contributed by atoms with Gasteiger partial charge in [0, 0.05) is 0 Å². The zero-order chi connectivity index (χ0) is 13.9. The predicted molar refractivity (Wildman–Crippen MR) is 83.5 cm³/mol. The summed E-state index contributed by atoms with van der Waals surface area (Å²) in [7, 11) is 0. The molecule has 0 heterocycles. The van der Waals surface area contributed by atoms with Crippen molar-refractivity contribution in [3.63, 3.8) is 0 Å². The van der Waals surface area contributed by atoms with Crippen LogP contribution in [-0.2, 0) is 6.42 Å². The molecule has 1 aromatic rings. The van der Waals surface area contributed by atoms with Crippen molar-refractivity contribution in [1.29, 1.82) is 0 Å². The lowest BCUT2D eigenvalue weighted by atomic mass is 9.74. The highest BCUT2D eigenvalue weighted by Crippen LogP contribution is 2.38. The third kappa shape index (κ3) is 3.39. The Balaban J connectivity index is 2.27. The van der Waals surface area contributed by atoms with E-state index in [0.717, 1.165) is 6.54 Å². The van der Waals surface area contributed by atoms with Gasteiger partial charge in [-0.25, -0.2) is 0 Å². The fraction of sp³-hybridized carbons (Fsp3) is 0.667. The molecule has 2 N–H and O–H groups in total. The first-order valence-electron chi connectivity index (χ1n) is 7.83. The summed E-state index contributed by atoms with van der Waals surface area (Å²) in [4.78, 5) is 0. The average molecular weight is 259 g/mol. The highest BCUT2D eigenvalue weighted by atomic mass is 14.6. The molecule has 0 atom stereocenters. The second-order valence-electron chi connectivity index (χ2n) is 6.67. The van der Waals surface area contributed by atoms with Crippen LogP contribution in [0.3, 0.4) is 0 Å². The molecule has 106 valence electrons. The summed E-state index contributed by atoms with van der Waals surface area (Å²) in [6.07, 6.45) is 9.33. The van der Waals surface area contributed by atoms with Crippen molar-refractivity contribution in [2.75, 3.05) is 6.54 Å². The van der Waals surface area contributed by atoms with E-state index in [0.29, 0.717) is 5.41 Å². The smallest absolute Gasteiger partial charge is 0.00173 e. The van der Waals surface area contributed by atoms with E-state index in [9.17, 15) is 0 Å². The van der Waals surface area contributed by atoms with Gasteiger partial charge in [0.05, 0.1) is 0 Å². The Hall–Kier alpha value is -0.820. The van der Waals surface area contributed by atoms with E-state index < -0.39 is 0 Å². The van der Waals surface area contributed by atoms with E-state index in [-0.39, 0.29) is 0 Å². The molecular formula is C18H29N. The molecule has 1 aliphatic carbocycles. The maximum Gasteiger partial charge on any atom is -0.00173 e. The van der Waals surface area contributed by atoms with Crippen LogP contribution < -0.4 is 5.73 Å². The molecule has 2 rings (SSSR count). The van der Waals surface area contributed by atoms with Crippen LogP contribution in [0.2, 0.25) is 0 Å². The molecule has 0 amide bonds. The number of aryl methyl sites for hydroxylation is 3. The van der Waals surface area contributed by atoms with E-state index in [1.165, 1.54) is 61.6 Å². The average Bonchev–Trinajstić information content (AvgIpc) is 2.60. The van der Waals surface area contributed by atoms with Crippen molar-refractivity contribution in [1.82, 2.24) is 0 Å².